The van der Waals surface area contributed by atoms with Gasteiger partial charge in [0.25, 0.3) is 0 Å². The first-order chi connectivity index (χ1) is 10.2. The first kappa shape index (κ1) is 16.2. The van der Waals surface area contributed by atoms with Crippen LogP contribution in [0.2, 0.25) is 0 Å². The van der Waals surface area contributed by atoms with Gasteiger partial charge in [0.2, 0.25) is 0 Å². The van der Waals surface area contributed by atoms with Crippen molar-refractivity contribution < 1.29 is 0 Å². The Bertz CT molecular complexity index is 563. The summed E-state index contributed by atoms with van der Waals surface area (Å²) in [5.74, 6) is 0. The molecule has 0 saturated carbocycles. The van der Waals surface area contributed by atoms with Gasteiger partial charge in [-0.3, -0.25) is 4.68 Å². The molecule has 2 rings (SSSR count). The molecule has 4 heteroatoms. The Morgan fingerprint density at radius 1 is 1.24 bits per heavy atom. The molecule has 0 aliphatic carbocycles. The molecule has 0 aliphatic heterocycles. The Morgan fingerprint density at radius 3 is 2.57 bits per heavy atom. The summed E-state index contributed by atoms with van der Waals surface area (Å²) in [7, 11) is 0. The van der Waals surface area contributed by atoms with Gasteiger partial charge in [0.1, 0.15) is 0 Å². The van der Waals surface area contributed by atoms with Gasteiger partial charge in [-0.15, -0.1) is 0 Å². The fourth-order valence-corrected chi connectivity index (χ4v) is 3.01. The third kappa shape index (κ3) is 3.95. The van der Waals surface area contributed by atoms with Crippen LogP contribution >= 0.6 is 15.9 Å². The van der Waals surface area contributed by atoms with Crippen LogP contribution in [0.3, 0.4) is 0 Å². The largest absolute Gasteiger partial charge is 0.310 e. The van der Waals surface area contributed by atoms with E-state index in [1.54, 1.807) is 0 Å². The highest BCUT2D eigenvalue weighted by molar-refractivity contribution is 9.10. The van der Waals surface area contributed by atoms with E-state index in [4.69, 9.17) is 0 Å². The van der Waals surface area contributed by atoms with Crippen LogP contribution in [0.5, 0.6) is 0 Å². The molecule has 1 heterocycles. The number of benzene rings is 1. The van der Waals surface area contributed by atoms with Gasteiger partial charge in [0.15, 0.2) is 0 Å². The highest BCUT2D eigenvalue weighted by Gasteiger charge is 2.18. The first-order valence-electron chi connectivity index (χ1n) is 7.67. The van der Waals surface area contributed by atoms with Crippen LogP contribution in [0.25, 0.3) is 0 Å². The van der Waals surface area contributed by atoms with Gasteiger partial charge in [-0.2, -0.15) is 5.10 Å². The third-order valence-electron chi connectivity index (χ3n) is 3.69. The number of aryl methyl sites for hydroxylation is 2. The number of nitrogens with one attached hydrogen (secondary N) is 1. The van der Waals surface area contributed by atoms with Crippen molar-refractivity contribution in [2.45, 2.75) is 46.2 Å². The van der Waals surface area contributed by atoms with Crippen molar-refractivity contribution in [3.63, 3.8) is 0 Å². The van der Waals surface area contributed by atoms with Crippen molar-refractivity contribution >= 4 is 15.9 Å². The summed E-state index contributed by atoms with van der Waals surface area (Å²) in [5, 5.41) is 8.26. The molecule has 1 unspecified atom stereocenters. The second-order valence-corrected chi connectivity index (χ2v) is 6.08. The SMILES string of the molecule is CCCNC(Cc1c(Br)c(C)nn1CC)c1ccccc1. The highest BCUT2D eigenvalue weighted by Crippen LogP contribution is 2.26. The smallest absolute Gasteiger partial charge is 0.0738 e. The summed E-state index contributed by atoms with van der Waals surface area (Å²) < 4.78 is 3.24. The second-order valence-electron chi connectivity index (χ2n) is 5.28. The van der Waals surface area contributed by atoms with Gasteiger partial charge in [0, 0.05) is 19.0 Å². The minimum Gasteiger partial charge on any atom is -0.310 e. The molecule has 0 amide bonds. The van der Waals surface area contributed by atoms with Crippen molar-refractivity contribution in [3.8, 4) is 0 Å². The van der Waals surface area contributed by atoms with Gasteiger partial charge >= 0.3 is 0 Å². The fraction of sp³-hybridized carbons (Fsp3) is 0.471. The maximum absolute atomic E-state index is 4.60. The molecule has 0 bridgehead atoms. The second kappa shape index (κ2) is 7.76. The molecule has 0 spiro atoms. The Hall–Kier alpha value is -1.13. The number of halogens is 1. The molecule has 21 heavy (non-hydrogen) atoms. The van der Waals surface area contributed by atoms with Crippen LogP contribution in [0.15, 0.2) is 34.8 Å². The van der Waals surface area contributed by atoms with E-state index in [-0.39, 0.29) is 0 Å². The summed E-state index contributed by atoms with van der Waals surface area (Å²) in [6.07, 6.45) is 2.08. The number of hydrogen-bond donors (Lipinski definition) is 1. The lowest BCUT2D eigenvalue weighted by Gasteiger charge is -2.20. The number of rotatable bonds is 7. The topological polar surface area (TPSA) is 29.9 Å². The van der Waals surface area contributed by atoms with Gasteiger partial charge in [-0.1, -0.05) is 37.3 Å². The molecule has 3 nitrogen and oxygen atoms in total. The lowest BCUT2D eigenvalue weighted by atomic mass is 10.0. The molecule has 0 aliphatic rings. The van der Waals surface area contributed by atoms with E-state index in [9.17, 15) is 0 Å². The monoisotopic (exact) mass is 349 g/mol. The van der Waals surface area contributed by atoms with Gasteiger partial charge in [-0.25, -0.2) is 0 Å². The number of nitrogens with zero attached hydrogens (tertiary/aromatic N) is 2. The Morgan fingerprint density at radius 2 is 1.95 bits per heavy atom. The van der Waals surface area contributed by atoms with Crippen LogP contribution in [-0.2, 0) is 13.0 Å². The zero-order valence-electron chi connectivity index (χ0n) is 13.1. The van der Waals surface area contributed by atoms with E-state index in [0.717, 1.165) is 36.1 Å². The van der Waals surface area contributed by atoms with Crippen LogP contribution in [-0.4, -0.2) is 16.3 Å². The van der Waals surface area contributed by atoms with Crippen LogP contribution in [0.1, 0.15) is 43.3 Å². The van der Waals surface area contributed by atoms with E-state index < -0.39 is 0 Å². The number of aromatic nitrogens is 2. The molecular formula is C17H24BrN3. The van der Waals surface area contributed by atoms with Crippen molar-refractivity contribution in [1.29, 1.82) is 0 Å². The molecule has 1 aromatic carbocycles. The Labute approximate surface area is 135 Å². The van der Waals surface area contributed by atoms with Crippen molar-refractivity contribution in [1.82, 2.24) is 15.1 Å². The molecule has 0 fully saturated rings. The van der Waals surface area contributed by atoms with Gasteiger partial charge in [0.05, 0.1) is 15.9 Å². The predicted molar refractivity (Wildman–Crippen MR) is 91.5 cm³/mol. The van der Waals surface area contributed by atoms with Crippen LogP contribution in [0.4, 0.5) is 0 Å². The van der Waals surface area contributed by atoms with Gasteiger partial charge < -0.3 is 5.32 Å². The fourth-order valence-electron chi connectivity index (χ4n) is 2.57. The summed E-state index contributed by atoms with van der Waals surface area (Å²) in [6, 6.07) is 11.0. The molecule has 1 aromatic heterocycles. The quantitative estimate of drug-likeness (QED) is 0.809. The Balaban J connectivity index is 2.27. The zero-order chi connectivity index (χ0) is 15.2. The average Bonchev–Trinajstić information content (AvgIpc) is 2.79. The highest BCUT2D eigenvalue weighted by atomic mass is 79.9. The molecule has 2 aromatic rings. The van der Waals surface area contributed by atoms with Crippen molar-refractivity contribution in [3.05, 3.63) is 51.8 Å². The maximum Gasteiger partial charge on any atom is 0.0738 e. The lowest BCUT2D eigenvalue weighted by molar-refractivity contribution is 0.502. The minimum atomic E-state index is 0.323. The summed E-state index contributed by atoms with van der Waals surface area (Å²) in [6.45, 7) is 8.31. The number of hydrogen-bond acceptors (Lipinski definition) is 2. The summed E-state index contributed by atoms with van der Waals surface area (Å²) in [4.78, 5) is 0. The molecular weight excluding hydrogens is 326 g/mol. The third-order valence-corrected chi connectivity index (χ3v) is 4.72. The van der Waals surface area contributed by atoms with E-state index in [2.05, 4.69) is 82.1 Å². The summed E-state index contributed by atoms with van der Waals surface area (Å²) in [5.41, 5.74) is 3.67. The first-order valence-corrected chi connectivity index (χ1v) is 8.46. The van der Waals surface area contributed by atoms with Crippen molar-refractivity contribution in [2.24, 2.45) is 0 Å². The van der Waals surface area contributed by atoms with E-state index in [1.165, 1.54) is 11.3 Å². The zero-order valence-corrected chi connectivity index (χ0v) is 14.7. The average molecular weight is 350 g/mol. The summed E-state index contributed by atoms with van der Waals surface area (Å²) >= 11 is 3.70. The van der Waals surface area contributed by atoms with Gasteiger partial charge in [-0.05, 0) is 48.3 Å². The molecule has 1 N–H and O–H groups in total. The van der Waals surface area contributed by atoms with Crippen LogP contribution < -0.4 is 5.32 Å². The van der Waals surface area contributed by atoms with Crippen molar-refractivity contribution in [2.75, 3.05) is 6.54 Å². The molecule has 0 radical (unpaired) electrons. The maximum atomic E-state index is 4.60. The Kier molecular flexibility index (Phi) is 6.00. The van der Waals surface area contributed by atoms with E-state index in [1.807, 2.05) is 0 Å². The van der Waals surface area contributed by atoms with E-state index >= 15 is 0 Å². The molecule has 114 valence electrons. The normalized spacial score (nSPS) is 12.6. The molecule has 0 saturated heterocycles. The standard InChI is InChI=1S/C17H24BrN3/c1-4-11-19-15(14-9-7-6-8-10-14)12-16-17(18)13(3)20-21(16)5-2/h6-10,15,19H,4-5,11-12H2,1-3H3. The lowest BCUT2D eigenvalue weighted by Crippen LogP contribution is -2.25. The van der Waals surface area contributed by atoms with Crippen LogP contribution in [0, 0.1) is 6.92 Å². The van der Waals surface area contributed by atoms with E-state index in [0.29, 0.717) is 6.04 Å². The molecule has 1 atom stereocenters. The minimum absolute atomic E-state index is 0.323. The predicted octanol–water partition coefficient (Wildman–Crippen LogP) is 4.26.